The lowest BCUT2D eigenvalue weighted by atomic mass is 9.87. The first-order valence-electron chi connectivity index (χ1n) is 9.72. The molecular formula is C20H23ClN6O3. The summed E-state index contributed by atoms with van der Waals surface area (Å²) in [7, 11) is 1.57. The number of aromatic nitrogens is 2. The highest BCUT2D eigenvalue weighted by atomic mass is 35.5. The molecule has 0 radical (unpaired) electrons. The Hall–Kier alpha value is -2.91. The van der Waals surface area contributed by atoms with Gasteiger partial charge in [0.2, 0.25) is 11.8 Å². The molecule has 2 aromatic rings. The molecule has 2 bridgehead atoms. The van der Waals surface area contributed by atoms with Crippen LogP contribution >= 0.6 is 11.6 Å². The Balaban J connectivity index is 1.33. The Morgan fingerprint density at radius 3 is 2.33 bits per heavy atom. The Kier molecular flexibility index (Phi) is 5.48. The van der Waals surface area contributed by atoms with Gasteiger partial charge in [0.25, 0.3) is 5.56 Å². The second-order valence-electron chi connectivity index (χ2n) is 7.70. The van der Waals surface area contributed by atoms with Crippen molar-refractivity contribution in [3.8, 4) is 0 Å². The van der Waals surface area contributed by atoms with E-state index in [1.54, 1.807) is 37.5 Å². The molecule has 2 N–H and O–H groups in total. The second kappa shape index (κ2) is 8.08. The van der Waals surface area contributed by atoms with E-state index in [0.717, 1.165) is 6.42 Å². The standard InChI is InChI=1S/C20H23ClN6O3/c1-12(28)23-13-3-5-14(6-4-13)24-18(29)11-27-15-7-16(27)10-26(9-15)17-8-22-25(2)20(30)19(17)21/h3-6,8,15-16H,7,9-11H2,1-2H3,(H,23,28)(H,24,29). The van der Waals surface area contributed by atoms with Crippen LogP contribution in [0.4, 0.5) is 17.1 Å². The van der Waals surface area contributed by atoms with Crippen molar-refractivity contribution in [3.63, 3.8) is 0 Å². The van der Waals surface area contributed by atoms with Gasteiger partial charge < -0.3 is 15.5 Å². The lowest BCUT2D eigenvalue weighted by Crippen LogP contribution is -2.69. The van der Waals surface area contributed by atoms with Crippen molar-refractivity contribution in [3.05, 3.63) is 45.8 Å². The van der Waals surface area contributed by atoms with E-state index in [-0.39, 0.29) is 34.5 Å². The number of benzene rings is 1. The van der Waals surface area contributed by atoms with Crippen molar-refractivity contribution in [2.24, 2.45) is 7.05 Å². The Morgan fingerprint density at radius 2 is 1.73 bits per heavy atom. The number of anilines is 3. The van der Waals surface area contributed by atoms with Gasteiger partial charge in [0, 0.05) is 50.5 Å². The summed E-state index contributed by atoms with van der Waals surface area (Å²) >= 11 is 6.23. The monoisotopic (exact) mass is 430 g/mol. The van der Waals surface area contributed by atoms with Gasteiger partial charge in [-0.15, -0.1) is 0 Å². The number of piperazine rings is 1. The molecule has 0 spiro atoms. The Bertz CT molecular complexity index is 1030. The minimum absolute atomic E-state index is 0.0845. The van der Waals surface area contributed by atoms with E-state index in [9.17, 15) is 14.4 Å². The van der Waals surface area contributed by atoms with Crippen LogP contribution in [0.15, 0.2) is 35.3 Å². The number of nitrogens with zero attached hydrogens (tertiary/aromatic N) is 4. The SMILES string of the molecule is CC(=O)Nc1ccc(NC(=O)CN2C3CC2CN(c2cnn(C)c(=O)c2Cl)C3)cc1. The van der Waals surface area contributed by atoms with Gasteiger partial charge in [0.15, 0.2) is 0 Å². The summed E-state index contributed by atoms with van der Waals surface area (Å²) in [5.74, 6) is -0.225. The maximum Gasteiger partial charge on any atom is 0.287 e. The van der Waals surface area contributed by atoms with Gasteiger partial charge in [-0.2, -0.15) is 5.10 Å². The molecular weight excluding hydrogens is 408 g/mol. The zero-order valence-corrected chi connectivity index (χ0v) is 17.5. The van der Waals surface area contributed by atoms with Gasteiger partial charge in [0.1, 0.15) is 5.02 Å². The molecule has 3 fully saturated rings. The highest BCUT2D eigenvalue weighted by molar-refractivity contribution is 6.33. The van der Waals surface area contributed by atoms with Gasteiger partial charge >= 0.3 is 0 Å². The zero-order chi connectivity index (χ0) is 21.4. The van der Waals surface area contributed by atoms with Crippen molar-refractivity contribution in [2.75, 3.05) is 35.2 Å². The molecule has 158 valence electrons. The fraction of sp³-hybridized carbons (Fsp3) is 0.400. The number of carbonyl (C=O) groups excluding carboxylic acids is 2. The summed E-state index contributed by atoms with van der Waals surface area (Å²) in [4.78, 5) is 39.9. The van der Waals surface area contributed by atoms with Crippen LogP contribution < -0.4 is 21.1 Å². The zero-order valence-electron chi connectivity index (χ0n) is 16.8. The summed E-state index contributed by atoms with van der Waals surface area (Å²) in [6.45, 7) is 3.15. The predicted octanol–water partition coefficient (Wildman–Crippen LogP) is 1.29. The fourth-order valence-corrected chi connectivity index (χ4v) is 4.36. The van der Waals surface area contributed by atoms with Gasteiger partial charge in [-0.05, 0) is 30.7 Å². The fourth-order valence-electron chi connectivity index (χ4n) is 4.07. The normalized spacial score (nSPS) is 20.4. The quantitative estimate of drug-likeness (QED) is 0.741. The van der Waals surface area contributed by atoms with Crippen LogP contribution in [0.3, 0.4) is 0 Å². The van der Waals surface area contributed by atoms with Crippen molar-refractivity contribution in [1.82, 2.24) is 14.7 Å². The van der Waals surface area contributed by atoms with Gasteiger partial charge in [-0.1, -0.05) is 11.6 Å². The summed E-state index contributed by atoms with van der Waals surface area (Å²) in [5.41, 5.74) is 1.70. The number of fused-ring (bicyclic) bond motifs is 2. The van der Waals surface area contributed by atoms with Crippen LogP contribution in [-0.4, -0.2) is 58.2 Å². The Morgan fingerprint density at radius 1 is 1.13 bits per heavy atom. The summed E-state index contributed by atoms with van der Waals surface area (Å²) in [6.07, 6.45) is 2.64. The van der Waals surface area contributed by atoms with Gasteiger partial charge in [-0.3, -0.25) is 19.3 Å². The van der Waals surface area contributed by atoms with Gasteiger partial charge in [-0.25, -0.2) is 4.68 Å². The maximum atomic E-state index is 12.5. The maximum absolute atomic E-state index is 12.5. The van der Waals surface area contributed by atoms with E-state index in [1.165, 1.54) is 11.6 Å². The van der Waals surface area contributed by atoms with E-state index in [0.29, 0.717) is 36.7 Å². The van der Waals surface area contributed by atoms with Gasteiger partial charge in [0.05, 0.1) is 18.4 Å². The smallest absolute Gasteiger partial charge is 0.287 e. The van der Waals surface area contributed by atoms with E-state index >= 15 is 0 Å². The second-order valence-corrected chi connectivity index (χ2v) is 8.08. The number of hydrogen-bond donors (Lipinski definition) is 2. The van der Waals surface area contributed by atoms with Crippen LogP contribution in [0.2, 0.25) is 5.02 Å². The number of carbonyl (C=O) groups is 2. The third-order valence-corrected chi connectivity index (χ3v) is 5.92. The highest BCUT2D eigenvalue weighted by Gasteiger charge is 2.45. The molecule has 10 heteroatoms. The number of hydrogen-bond acceptors (Lipinski definition) is 6. The molecule has 3 saturated heterocycles. The third-order valence-electron chi connectivity index (χ3n) is 5.56. The molecule has 2 atom stereocenters. The number of aryl methyl sites for hydroxylation is 1. The lowest BCUT2D eigenvalue weighted by Gasteiger charge is -2.56. The molecule has 2 unspecified atom stereocenters. The van der Waals surface area contributed by atoms with Crippen molar-refractivity contribution in [1.29, 1.82) is 0 Å². The first kappa shape index (κ1) is 20.4. The molecule has 5 rings (SSSR count). The molecule has 0 saturated carbocycles. The Labute approximate surface area is 178 Å². The molecule has 9 nitrogen and oxygen atoms in total. The summed E-state index contributed by atoms with van der Waals surface area (Å²) < 4.78 is 1.22. The van der Waals surface area contributed by atoms with Crippen molar-refractivity contribution < 1.29 is 9.59 Å². The first-order chi connectivity index (χ1) is 14.3. The van der Waals surface area contributed by atoms with E-state index < -0.39 is 0 Å². The summed E-state index contributed by atoms with van der Waals surface area (Å²) in [6, 6.07) is 7.47. The first-order valence-corrected chi connectivity index (χ1v) is 10.1. The van der Waals surface area contributed by atoms with E-state index in [2.05, 4.69) is 25.5 Å². The predicted molar refractivity (Wildman–Crippen MR) is 115 cm³/mol. The van der Waals surface area contributed by atoms with Crippen LogP contribution in [0.1, 0.15) is 13.3 Å². The average Bonchev–Trinajstić information content (AvgIpc) is 2.71. The molecule has 0 aliphatic carbocycles. The lowest BCUT2D eigenvalue weighted by molar-refractivity contribution is -0.121. The van der Waals surface area contributed by atoms with Crippen LogP contribution in [-0.2, 0) is 16.6 Å². The number of nitrogens with one attached hydrogen (secondary N) is 2. The molecule has 2 amide bonds. The highest BCUT2D eigenvalue weighted by Crippen LogP contribution is 2.35. The molecule has 4 heterocycles. The van der Waals surface area contributed by atoms with Crippen molar-refractivity contribution in [2.45, 2.75) is 25.4 Å². The van der Waals surface area contributed by atoms with Crippen LogP contribution in [0.5, 0.6) is 0 Å². The van der Waals surface area contributed by atoms with Crippen LogP contribution in [0.25, 0.3) is 0 Å². The number of piperidine rings is 1. The number of amides is 2. The van der Waals surface area contributed by atoms with E-state index in [1.807, 2.05) is 0 Å². The number of halogens is 1. The minimum atomic E-state index is -0.311. The average molecular weight is 431 g/mol. The minimum Gasteiger partial charge on any atom is -0.366 e. The van der Waals surface area contributed by atoms with Crippen molar-refractivity contribution >= 4 is 40.5 Å². The molecule has 1 aromatic carbocycles. The largest absolute Gasteiger partial charge is 0.366 e. The topological polar surface area (TPSA) is 99.6 Å². The number of rotatable bonds is 5. The van der Waals surface area contributed by atoms with E-state index in [4.69, 9.17) is 11.6 Å². The third kappa shape index (κ3) is 4.03. The molecule has 30 heavy (non-hydrogen) atoms. The van der Waals surface area contributed by atoms with Crippen LogP contribution in [0, 0.1) is 0 Å². The molecule has 1 aromatic heterocycles. The molecule has 3 aliphatic heterocycles. The summed E-state index contributed by atoms with van der Waals surface area (Å²) in [5, 5.41) is 9.84. The molecule has 3 aliphatic rings.